The Morgan fingerprint density at radius 3 is 1.72 bits per heavy atom. The highest BCUT2D eigenvalue weighted by Gasteiger charge is 2.59. The first-order valence-electron chi connectivity index (χ1n) is 23.0. The molecule has 2 bridgehead atoms. The fourth-order valence-electron chi connectivity index (χ4n) is 12.8. The highest BCUT2D eigenvalue weighted by atomic mass is 32.2. The molecule has 12 rings (SSSR count). The third-order valence-electron chi connectivity index (χ3n) is 15.3. The Morgan fingerprint density at radius 2 is 1.00 bits per heavy atom. The van der Waals surface area contributed by atoms with Gasteiger partial charge in [0.2, 0.25) is 9.84 Å². The predicted octanol–water partition coefficient (Wildman–Crippen LogP) is 15.8. The van der Waals surface area contributed by atoms with E-state index in [1.165, 1.54) is 42.4 Å². The molecule has 0 amide bonds. The lowest BCUT2D eigenvalue weighted by atomic mass is 9.46. The highest BCUT2D eigenvalue weighted by Crippen LogP contribution is 2.64. The summed E-state index contributed by atoms with van der Waals surface area (Å²) >= 11 is 1.85. The second kappa shape index (κ2) is 15.3. The van der Waals surface area contributed by atoms with E-state index in [1.807, 2.05) is 23.5 Å². The quantitative estimate of drug-likeness (QED) is 0.156. The number of fused-ring (bicyclic) bond motifs is 5. The third-order valence-corrected chi connectivity index (χ3v) is 18.2. The number of hydrogen-bond donors (Lipinski definition) is 0. The summed E-state index contributed by atoms with van der Waals surface area (Å²) in [5.74, 6) is 1.86. The molecule has 2 heterocycles. The zero-order chi connectivity index (χ0) is 43.2. The Balaban J connectivity index is 1.01. The van der Waals surface area contributed by atoms with Crippen molar-refractivity contribution < 1.29 is 8.42 Å². The summed E-state index contributed by atoms with van der Waals surface area (Å²) in [5, 5.41) is 2.60. The van der Waals surface area contributed by atoms with Crippen molar-refractivity contribution in [3.63, 3.8) is 0 Å². The molecule has 3 aliphatic rings. The van der Waals surface area contributed by atoms with Crippen molar-refractivity contribution in [1.29, 1.82) is 0 Å². The van der Waals surface area contributed by atoms with Crippen molar-refractivity contribution >= 4 is 41.3 Å². The van der Waals surface area contributed by atoms with Crippen LogP contribution in [0, 0.1) is 23.7 Å². The molecule has 314 valence electrons. The van der Waals surface area contributed by atoms with Gasteiger partial charge in [0.05, 0.1) is 9.79 Å². The fourth-order valence-corrected chi connectivity index (χ4v) is 15.7. The Labute approximate surface area is 381 Å². The Bertz CT molecular complexity index is 3310. The molecule has 1 spiro atoms. The van der Waals surface area contributed by atoms with Crippen molar-refractivity contribution in [2.45, 2.75) is 60.7 Å². The number of benzene rings is 8. The number of rotatable bonds is 6. The molecule has 8 aromatic carbocycles. The Morgan fingerprint density at radius 1 is 0.469 bits per heavy atom. The summed E-state index contributed by atoms with van der Waals surface area (Å²) in [7, 11) is -3.80. The molecule has 9 aromatic rings. The van der Waals surface area contributed by atoms with Crippen LogP contribution in [0.4, 0.5) is 0 Å². The maximum atomic E-state index is 15.1. The summed E-state index contributed by atoms with van der Waals surface area (Å²) in [6.07, 6.45) is 4.51. The van der Waals surface area contributed by atoms with E-state index in [2.05, 4.69) is 190 Å². The maximum absolute atomic E-state index is 15.1. The van der Waals surface area contributed by atoms with Crippen LogP contribution in [0.25, 0.3) is 53.6 Å². The van der Waals surface area contributed by atoms with Crippen LogP contribution in [0.5, 0.6) is 0 Å². The second-order valence-electron chi connectivity index (χ2n) is 19.0. The molecule has 0 saturated heterocycles. The van der Waals surface area contributed by atoms with Crippen LogP contribution in [0.2, 0.25) is 0 Å². The van der Waals surface area contributed by atoms with Crippen LogP contribution in [0.1, 0.15) is 73.3 Å². The number of sulfone groups is 1. The lowest BCUT2D eigenvalue weighted by Crippen LogP contribution is -2.54. The van der Waals surface area contributed by atoms with Crippen LogP contribution in [-0.2, 0) is 15.3 Å². The van der Waals surface area contributed by atoms with Crippen LogP contribution in [-0.4, -0.2) is 8.42 Å². The van der Waals surface area contributed by atoms with E-state index in [9.17, 15) is 0 Å². The van der Waals surface area contributed by atoms with E-state index in [0.29, 0.717) is 33.5 Å². The minimum absolute atomic E-state index is 0.195. The molecule has 1 atom stereocenters. The average Bonchev–Trinajstić information content (AvgIpc) is 3.71. The molecular formula is C60H50O2S2. The monoisotopic (exact) mass is 866 g/mol. The summed E-state index contributed by atoms with van der Waals surface area (Å²) in [6, 6.07) is 67.2. The number of thiophene rings is 1. The lowest BCUT2D eigenvalue weighted by Gasteiger charge is -2.59. The Hall–Kier alpha value is -6.07. The molecule has 2 fully saturated rings. The summed E-state index contributed by atoms with van der Waals surface area (Å²) in [5.41, 5.74) is 12.1. The first kappa shape index (κ1) is 39.5. The van der Waals surface area contributed by atoms with E-state index < -0.39 is 9.84 Å². The molecule has 2 nitrogen and oxygen atoms in total. The molecule has 2 aliphatic carbocycles. The van der Waals surface area contributed by atoms with Gasteiger partial charge in [-0.3, -0.25) is 0 Å². The molecule has 4 heteroatoms. The molecule has 2 saturated carbocycles. The van der Waals surface area contributed by atoms with Crippen molar-refractivity contribution in [2.75, 3.05) is 0 Å². The van der Waals surface area contributed by atoms with Gasteiger partial charge in [-0.15, -0.1) is 11.3 Å². The zero-order valence-corrected chi connectivity index (χ0v) is 37.9. The van der Waals surface area contributed by atoms with Crippen LogP contribution < -0.4 is 0 Å². The topological polar surface area (TPSA) is 34.1 Å². The average molecular weight is 867 g/mol. The van der Waals surface area contributed by atoms with Crippen LogP contribution in [0.3, 0.4) is 0 Å². The van der Waals surface area contributed by atoms with Crippen LogP contribution in [0.15, 0.2) is 198 Å². The summed E-state index contributed by atoms with van der Waals surface area (Å²) < 4.78 is 32.8. The van der Waals surface area contributed by atoms with E-state index in [4.69, 9.17) is 0 Å². The maximum Gasteiger partial charge on any atom is 0.207 e. The van der Waals surface area contributed by atoms with E-state index in [-0.39, 0.29) is 11.3 Å². The van der Waals surface area contributed by atoms with E-state index in [1.54, 1.807) is 0 Å². The zero-order valence-electron chi connectivity index (χ0n) is 36.2. The molecule has 1 aliphatic heterocycles. The SMILES string of the molecule is CC1CC2CC(C)CC(C1)C21c2ccccc2S(=O)(=O)c2cc(C(c3ccc(-c4ccccc4)cc3)c3ccc(-c4ccccc4-c4cccc5sc6ccccc6c45)cc3)ccc21. The smallest absolute Gasteiger partial charge is 0.207 e. The molecule has 64 heavy (non-hydrogen) atoms. The summed E-state index contributed by atoms with van der Waals surface area (Å²) in [6.45, 7) is 4.81. The van der Waals surface area contributed by atoms with Gasteiger partial charge in [-0.25, -0.2) is 8.42 Å². The molecule has 0 N–H and O–H groups in total. The molecule has 0 radical (unpaired) electrons. The second-order valence-corrected chi connectivity index (χ2v) is 22.0. The summed E-state index contributed by atoms with van der Waals surface area (Å²) in [4.78, 5) is 1.02. The van der Waals surface area contributed by atoms with Gasteiger partial charge >= 0.3 is 0 Å². The van der Waals surface area contributed by atoms with Crippen molar-refractivity contribution in [2.24, 2.45) is 23.7 Å². The predicted molar refractivity (Wildman–Crippen MR) is 266 cm³/mol. The lowest BCUT2D eigenvalue weighted by molar-refractivity contribution is 0.0231. The molecule has 1 aromatic heterocycles. The van der Waals surface area contributed by atoms with Crippen molar-refractivity contribution in [1.82, 2.24) is 0 Å². The van der Waals surface area contributed by atoms with Crippen LogP contribution >= 0.6 is 11.3 Å². The Kier molecular flexibility index (Phi) is 9.44. The molecular weight excluding hydrogens is 817 g/mol. The van der Waals surface area contributed by atoms with Gasteiger partial charge in [0.1, 0.15) is 0 Å². The van der Waals surface area contributed by atoms with Gasteiger partial charge in [-0.05, 0) is 135 Å². The van der Waals surface area contributed by atoms with Gasteiger partial charge in [0.25, 0.3) is 0 Å². The normalized spacial score (nSPS) is 22.5. The van der Waals surface area contributed by atoms with Gasteiger partial charge in [-0.2, -0.15) is 0 Å². The standard InChI is InChI=1S/C60H50O2S2/c1-38-33-46-35-39(2)36-47(34-38)60(46)52-19-9-11-22-56(52)64(61,62)57-37-45(31-32-53(57)60)58(43-27-23-41(24-28-43)40-13-4-3-5-14-40)44-29-25-42(26-30-44)48-15-6-7-16-49(48)50-18-12-21-55-59(50)51-17-8-10-20-54(51)63-55/h3-32,37-39,46-47,58H,33-36H2,1-2H3. The van der Waals surface area contributed by atoms with E-state index in [0.717, 1.165) is 64.6 Å². The number of hydrogen-bond acceptors (Lipinski definition) is 3. The minimum atomic E-state index is -3.80. The first-order valence-corrected chi connectivity index (χ1v) is 25.3. The molecule has 1 unspecified atom stereocenters. The van der Waals surface area contributed by atoms with Crippen molar-refractivity contribution in [3.8, 4) is 33.4 Å². The highest BCUT2D eigenvalue weighted by molar-refractivity contribution is 7.91. The fraction of sp³-hybridized carbons (Fsp3) is 0.200. The van der Waals surface area contributed by atoms with Gasteiger partial charge < -0.3 is 0 Å². The largest absolute Gasteiger partial charge is 0.218 e. The van der Waals surface area contributed by atoms with Gasteiger partial charge in [-0.1, -0.05) is 178 Å². The van der Waals surface area contributed by atoms with Crippen molar-refractivity contribution in [3.05, 3.63) is 216 Å². The van der Waals surface area contributed by atoms with Gasteiger partial charge in [0.15, 0.2) is 0 Å². The first-order chi connectivity index (χ1) is 31.3. The third kappa shape index (κ3) is 6.13. The van der Waals surface area contributed by atoms with Gasteiger partial charge in [0, 0.05) is 31.5 Å². The van der Waals surface area contributed by atoms with E-state index >= 15 is 8.42 Å². The minimum Gasteiger partial charge on any atom is -0.218 e.